The van der Waals surface area contributed by atoms with Crippen molar-refractivity contribution in [2.45, 2.75) is 12.7 Å². The second-order valence-corrected chi connectivity index (χ2v) is 4.59. The molecule has 0 aliphatic rings. The third kappa shape index (κ3) is 2.36. The summed E-state index contributed by atoms with van der Waals surface area (Å²) in [7, 11) is 3.09. The van der Waals surface area contributed by atoms with Crippen molar-refractivity contribution in [1.29, 1.82) is 0 Å². The van der Waals surface area contributed by atoms with E-state index in [1.165, 1.54) is 4.52 Å². The SMILES string of the molecule is COC(Cc1c(N)nc(N)n2nc(-c3ccco3)nc12)OC. The fraction of sp³-hybridized carbons (Fsp3) is 0.308. The topological polar surface area (TPSA) is 127 Å². The van der Waals surface area contributed by atoms with E-state index in [0.29, 0.717) is 29.2 Å². The molecule has 9 heteroatoms. The molecule has 0 saturated heterocycles. The molecule has 116 valence electrons. The second kappa shape index (κ2) is 5.62. The maximum absolute atomic E-state index is 5.97. The molecule has 3 rings (SSSR count). The number of nitrogen functional groups attached to an aromatic ring is 2. The van der Waals surface area contributed by atoms with Crippen LogP contribution in [0.5, 0.6) is 0 Å². The van der Waals surface area contributed by atoms with Crippen molar-refractivity contribution in [1.82, 2.24) is 19.6 Å². The van der Waals surface area contributed by atoms with Crippen molar-refractivity contribution in [2.75, 3.05) is 25.7 Å². The predicted octanol–water partition coefficient (Wildman–Crippen LogP) is 0.710. The Morgan fingerprint density at radius 1 is 1.27 bits per heavy atom. The third-order valence-electron chi connectivity index (χ3n) is 3.28. The lowest BCUT2D eigenvalue weighted by atomic mass is 10.2. The Kier molecular flexibility index (Phi) is 3.65. The number of nitrogens with zero attached hydrogens (tertiary/aromatic N) is 4. The molecule has 0 aromatic carbocycles. The van der Waals surface area contributed by atoms with Crippen molar-refractivity contribution >= 4 is 17.4 Å². The highest BCUT2D eigenvalue weighted by atomic mass is 16.7. The number of methoxy groups -OCH3 is 2. The summed E-state index contributed by atoms with van der Waals surface area (Å²) in [6.07, 6.45) is 1.44. The summed E-state index contributed by atoms with van der Waals surface area (Å²) in [5, 5.41) is 4.30. The highest BCUT2D eigenvalue weighted by Gasteiger charge is 2.20. The van der Waals surface area contributed by atoms with Crippen LogP contribution in [0.3, 0.4) is 0 Å². The third-order valence-corrected chi connectivity index (χ3v) is 3.28. The highest BCUT2D eigenvalue weighted by molar-refractivity contribution is 5.64. The van der Waals surface area contributed by atoms with E-state index in [1.54, 1.807) is 32.6 Å². The Hall–Kier alpha value is -2.65. The van der Waals surface area contributed by atoms with E-state index in [-0.39, 0.29) is 11.8 Å². The van der Waals surface area contributed by atoms with E-state index in [2.05, 4.69) is 15.1 Å². The van der Waals surface area contributed by atoms with Gasteiger partial charge in [0.2, 0.25) is 11.8 Å². The summed E-state index contributed by atoms with van der Waals surface area (Å²) in [5.41, 5.74) is 13.0. The van der Waals surface area contributed by atoms with Crippen LogP contribution >= 0.6 is 0 Å². The molecule has 0 aliphatic carbocycles. The lowest BCUT2D eigenvalue weighted by molar-refractivity contribution is -0.100. The highest BCUT2D eigenvalue weighted by Crippen LogP contribution is 2.24. The van der Waals surface area contributed by atoms with E-state index in [0.717, 1.165) is 0 Å². The first-order valence-corrected chi connectivity index (χ1v) is 6.54. The van der Waals surface area contributed by atoms with E-state index in [1.807, 2.05) is 0 Å². The molecule has 3 heterocycles. The molecule has 0 spiro atoms. The quantitative estimate of drug-likeness (QED) is 0.660. The Bertz CT molecular complexity index is 779. The Morgan fingerprint density at radius 3 is 2.68 bits per heavy atom. The number of aromatic nitrogens is 4. The van der Waals surface area contributed by atoms with Crippen LogP contribution in [0.15, 0.2) is 22.8 Å². The second-order valence-electron chi connectivity index (χ2n) is 4.59. The largest absolute Gasteiger partial charge is 0.461 e. The van der Waals surface area contributed by atoms with Gasteiger partial charge in [-0.1, -0.05) is 0 Å². The zero-order valence-electron chi connectivity index (χ0n) is 12.2. The van der Waals surface area contributed by atoms with E-state index in [9.17, 15) is 0 Å². The van der Waals surface area contributed by atoms with Crippen LogP contribution in [0.25, 0.3) is 17.2 Å². The predicted molar refractivity (Wildman–Crippen MR) is 78.8 cm³/mol. The van der Waals surface area contributed by atoms with E-state index in [4.69, 9.17) is 25.4 Å². The molecule has 22 heavy (non-hydrogen) atoms. The average molecular weight is 304 g/mol. The van der Waals surface area contributed by atoms with Crippen molar-refractivity contribution in [3.8, 4) is 11.6 Å². The molecule has 0 unspecified atom stereocenters. The van der Waals surface area contributed by atoms with Gasteiger partial charge in [0.15, 0.2) is 17.7 Å². The first-order chi connectivity index (χ1) is 10.6. The van der Waals surface area contributed by atoms with Gasteiger partial charge in [0.1, 0.15) is 5.82 Å². The van der Waals surface area contributed by atoms with Crippen LogP contribution in [0, 0.1) is 0 Å². The summed E-state index contributed by atoms with van der Waals surface area (Å²) >= 11 is 0. The summed E-state index contributed by atoms with van der Waals surface area (Å²) in [6, 6.07) is 3.51. The van der Waals surface area contributed by atoms with Crippen LogP contribution in [-0.2, 0) is 15.9 Å². The van der Waals surface area contributed by atoms with Crippen LogP contribution in [0.1, 0.15) is 5.56 Å². The molecule has 0 fully saturated rings. The van der Waals surface area contributed by atoms with Crippen molar-refractivity contribution < 1.29 is 13.9 Å². The first-order valence-electron chi connectivity index (χ1n) is 6.54. The van der Waals surface area contributed by atoms with E-state index < -0.39 is 6.29 Å². The molecular weight excluding hydrogens is 288 g/mol. The van der Waals surface area contributed by atoms with Gasteiger partial charge in [0.05, 0.1) is 6.26 Å². The Morgan fingerprint density at radius 2 is 2.05 bits per heavy atom. The van der Waals surface area contributed by atoms with Gasteiger partial charge in [-0.05, 0) is 12.1 Å². The minimum Gasteiger partial charge on any atom is -0.461 e. The van der Waals surface area contributed by atoms with Crippen molar-refractivity contribution in [3.05, 3.63) is 24.0 Å². The Balaban J connectivity index is 2.14. The fourth-order valence-electron chi connectivity index (χ4n) is 2.16. The zero-order chi connectivity index (χ0) is 15.7. The summed E-state index contributed by atoms with van der Waals surface area (Å²) in [5.74, 6) is 1.34. The maximum Gasteiger partial charge on any atom is 0.225 e. The maximum atomic E-state index is 5.97. The molecule has 3 aromatic heterocycles. The first kappa shape index (κ1) is 14.3. The molecule has 0 amide bonds. The van der Waals surface area contributed by atoms with E-state index >= 15 is 0 Å². The zero-order valence-corrected chi connectivity index (χ0v) is 12.2. The monoisotopic (exact) mass is 304 g/mol. The van der Waals surface area contributed by atoms with Gasteiger partial charge in [-0.15, -0.1) is 5.10 Å². The van der Waals surface area contributed by atoms with Gasteiger partial charge in [-0.25, -0.2) is 4.98 Å². The van der Waals surface area contributed by atoms with Gasteiger partial charge in [0.25, 0.3) is 0 Å². The summed E-state index contributed by atoms with van der Waals surface area (Å²) < 4.78 is 17.1. The van der Waals surface area contributed by atoms with Gasteiger partial charge in [-0.2, -0.15) is 9.50 Å². The van der Waals surface area contributed by atoms with Crippen molar-refractivity contribution in [2.24, 2.45) is 0 Å². The van der Waals surface area contributed by atoms with Gasteiger partial charge in [-0.3, -0.25) is 0 Å². The molecule has 9 nitrogen and oxygen atoms in total. The number of hydrogen-bond donors (Lipinski definition) is 2. The minimum atomic E-state index is -0.472. The number of furan rings is 1. The standard InChI is InChI=1S/C13H16N6O3/c1-20-9(21-2)6-7-10(14)16-13(15)19-12(7)17-11(18-19)8-4-3-5-22-8/h3-5,9H,6,14H2,1-2H3,(H2,15,16). The molecule has 3 aromatic rings. The Labute approximate surface area is 125 Å². The summed E-state index contributed by atoms with van der Waals surface area (Å²) in [4.78, 5) is 8.54. The van der Waals surface area contributed by atoms with Crippen LogP contribution in [-0.4, -0.2) is 40.1 Å². The molecule has 4 N–H and O–H groups in total. The molecule has 0 aliphatic heterocycles. The fourth-order valence-corrected chi connectivity index (χ4v) is 2.16. The van der Waals surface area contributed by atoms with Gasteiger partial charge >= 0.3 is 0 Å². The molecule has 0 bridgehead atoms. The lowest BCUT2D eigenvalue weighted by Crippen LogP contribution is -2.19. The lowest BCUT2D eigenvalue weighted by Gasteiger charge is -2.14. The summed E-state index contributed by atoms with van der Waals surface area (Å²) in [6.45, 7) is 0. The number of ether oxygens (including phenoxy) is 2. The van der Waals surface area contributed by atoms with Crippen molar-refractivity contribution in [3.63, 3.8) is 0 Å². The number of fused-ring (bicyclic) bond motifs is 1. The average Bonchev–Trinajstić information content (AvgIpc) is 3.16. The van der Waals surface area contributed by atoms with Crippen LogP contribution in [0.4, 0.5) is 11.8 Å². The van der Waals surface area contributed by atoms with Crippen LogP contribution in [0.2, 0.25) is 0 Å². The van der Waals surface area contributed by atoms with Gasteiger partial charge < -0.3 is 25.4 Å². The smallest absolute Gasteiger partial charge is 0.225 e. The normalized spacial score (nSPS) is 11.6. The minimum absolute atomic E-state index is 0.146. The number of anilines is 2. The number of hydrogen-bond acceptors (Lipinski definition) is 8. The molecule has 0 saturated carbocycles. The van der Waals surface area contributed by atoms with Crippen LogP contribution < -0.4 is 11.5 Å². The number of nitrogens with two attached hydrogens (primary N) is 2. The molecular formula is C13H16N6O3. The molecule has 0 radical (unpaired) electrons. The van der Waals surface area contributed by atoms with Gasteiger partial charge in [0, 0.05) is 26.2 Å². The molecule has 0 atom stereocenters. The number of rotatable bonds is 5.